The summed E-state index contributed by atoms with van der Waals surface area (Å²) >= 11 is 0. The van der Waals surface area contributed by atoms with Gasteiger partial charge in [-0.1, -0.05) is 6.08 Å². The smallest absolute Gasteiger partial charge is 0.327 e. The van der Waals surface area contributed by atoms with Gasteiger partial charge in [0.1, 0.15) is 11.1 Å². The van der Waals surface area contributed by atoms with Crippen molar-refractivity contribution in [2.75, 3.05) is 0 Å². The van der Waals surface area contributed by atoms with E-state index in [-0.39, 0.29) is 11.9 Å². The fraction of sp³-hybridized carbons (Fsp3) is 0.700. The van der Waals surface area contributed by atoms with E-state index < -0.39 is 11.1 Å². The predicted molar refractivity (Wildman–Crippen MR) is 51.1 cm³/mol. The Labute approximate surface area is 78.9 Å². The van der Waals surface area contributed by atoms with E-state index in [0.717, 1.165) is 0 Å². The quantitative estimate of drug-likeness (QED) is 0.517. The van der Waals surface area contributed by atoms with E-state index in [9.17, 15) is 4.79 Å². The first kappa shape index (κ1) is 10.3. The van der Waals surface area contributed by atoms with Gasteiger partial charge in [-0.3, -0.25) is 4.79 Å². The summed E-state index contributed by atoms with van der Waals surface area (Å²) in [7, 11) is 0. The molecule has 0 unspecified atom stereocenters. The highest BCUT2D eigenvalue weighted by Gasteiger charge is 2.57. The van der Waals surface area contributed by atoms with Crippen molar-refractivity contribution in [3.8, 4) is 0 Å². The number of ether oxygens (including phenoxy) is 1. The Morgan fingerprint density at radius 1 is 1.69 bits per heavy atom. The van der Waals surface area contributed by atoms with Crippen LogP contribution in [0.5, 0.6) is 0 Å². The summed E-state index contributed by atoms with van der Waals surface area (Å²) < 4.78 is 5.18. The molecule has 3 heteroatoms. The van der Waals surface area contributed by atoms with Gasteiger partial charge in [-0.25, -0.2) is 0 Å². The molecule has 0 radical (unpaired) electrons. The Bertz CT molecular complexity index is 242. The molecule has 0 spiro atoms. The molecular weight excluding hydrogens is 166 g/mol. The van der Waals surface area contributed by atoms with Gasteiger partial charge in [-0.2, -0.15) is 0 Å². The zero-order valence-electron chi connectivity index (χ0n) is 8.46. The number of nitrogens with two attached hydrogens (primary N) is 1. The largest absolute Gasteiger partial charge is 0.459 e. The van der Waals surface area contributed by atoms with E-state index in [0.29, 0.717) is 6.42 Å². The lowest BCUT2D eigenvalue weighted by Gasteiger charge is -2.22. The van der Waals surface area contributed by atoms with Crippen molar-refractivity contribution in [1.29, 1.82) is 0 Å². The zero-order valence-corrected chi connectivity index (χ0v) is 8.46. The average molecular weight is 183 g/mol. The molecule has 1 aliphatic carbocycles. The van der Waals surface area contributed by atoms with Crippen LogP contribution in [0.15, 0.2) is 12.7 Å². The summed E-state index contributed by atoms with van der Waals surface area (Å²) in [5.74, 6) is -0.229. The second-order valence-corrected chi connectivity index (χ2v) is 4.59. The van der Waals surface area contributed by atoms with E-state index >= 15 is 0 Å². The van der Waals surface area contributed by atoms with E-state index in [4.69, 9.17) is 10.5 Å². The normalized spacial score (nSPS) is 32.5. The topological polar surface area (TPSA) is 52.3 Å². The maximum absolute atomic E-state index is 11.5. The van der Waals surface area contributed by atoms with Crippen molar-refractivity contribution in [1.82, 2.24) is 0 Å². The van der Waals surface area contributed by atoms with Crippen molar-refractivity contribution in [3.05, 3.63) is 12.7 Å². The molecule has 0 aromatic carbocycles. The molecule has 1 aliphatic rings. The third kappa shape index (κ3) is 2.10. The van der Waals surface area contributed by atoms with Crippen molar-refractivity contribution in [2.24, 2.45) is 11.7 Å². The van der Waals surface area contributed by atoms with Crippen LogP contribution in [0, 0.1) is 5.92 Å². The third-order valence-corrected chi connectivity index (χ3v) is 2.12. The molecular formula is C10H17NO2. The zero-order chi connectivity index (χ0) is 10.3. The van der Waals surface area contributed by atoms with Gasteiger partial charge in [0.2, 0.25) is 0 Å². The molecule has 0 aromatic rings. The van der Waals surface area contributed by atoms with E-state index in [1.807, 2.05) is 20.8 Å². The van der Waals surface area contributed by atoms with Crippen LogP contribution >= 0.6 is 0 Å². The maximum atomic E-state index is 11.5. The summed E-state index contributed by atoms with van der Waals surface area (Å²) in [6.45, 7) is 9.11. The van der Waals surface area contributed by atoms with Gasteiger partial charge >= 0.3 is 5.97 Å². The molecule has 2 atom stereocenters. The minimum absolute atomic E-state index is 0.0855. The molecule has 0 saturated heterocycles. The highest BCUT2D eigenvalue weighted by atomic mass is 16.6. The lowest BCUT2D eigenvalue weighted by Crippen LogP contribution is -2.40. The molecule has 1 rings (SSSR count). The number of hydrogen-bond donors (Lipinski definition) is 1. The monoisotopic (exact) mass is 183 g/mol. The fourth-order valence-electron chi connectivity index (χ4n) is 1.21. The van der Waals surface area contributed by atoms with Crippen LogP contribution in [0.2, 0.25) is 0 Å². The summed E-state index contributed by atoms with van der Waals surface area (Å²) in [6.07, 6.45) is 2.37. The first-order valence-corrected chi connectivity index (χ1v) is 4.44. The number of esters is 1. The lowest BCUT2D eigenvalue weighted by atomic mass is 10.1. The molecule has 1 fully saturated rings. The predicted octanol–water partition coefficient (Wildman–Crippen LogP) is 1.23. The number of carbonyl (C=O) groups is 1. The van der Waals surface area contributed by atoms with Crippen LogP contribution in [0.25, 0.3) is 0 Å². The van der Waals surface area contributed by atoms with Gasteiger partial charge in [0, 0.05) is 5.92 Å². The third-order valence-electron chi connectivity index (χ3n) is 2.12. The van der Waals surface area contributed by atoms with Crippen LogP contribution < -0.4 is 5.73 Å². The van der Waals surface area contributed by atoms with Gasteiger partial charge in [-0.05, 0) is 27.2 Å². The van der Waals surface area contributed by atoms with E-state index in [1.54, 1.807) is 6.08 Å². The molecule has 1 saturated carbocycles. The van der Waals surface area contributed by atoms with E-state index in [2.05, 4.69) is 6.58 Å². The minimum Gasteiger partial charge on any atom is -0.459 e. The first-order chi connectivity index (χ1) is 5.79. The SMILES string of the molecule is C=C[C@@H]1C[C@@]1(N)C(=O)OC(C)(C)C. The molecule has 0 heterocycles. The second-order valence-electron chi connectivity index (χ2n) is 4.59. The number of carbonyl (C=O) groups excluding carboxylic acids is 1. The average Bonchev–Trinajstić information content (AvgIpc) is 2.60. The molecule has 3 nitrogen and oxygen atoms in total. The Kier molecular flexibility index (Phi) is 2.24. The van der Waals surface area contributed by atoms with Crippen LogP contribution in [0.1, 0.15) is 27.2 Å². The van der Waals surface area contributed by atoms with Crippen LogP contribution in [-0.2, 0) is 9.53 Å². The molecule has 0 aliphatic heterocycles. The Morgan fingerprint density at radius 3 is 2.54 bits per heavy atom. The van der Waals surface area contributed by atoms with Gasteiger partial charge in [0.25, 0.3) is 0 Å². The maximum Gasteiger partial charge on any atom is 0.327 e. The fourth-order valence-corrected chi connectivity index (χ4v) is 1.21. The second kappa shape index (κ2) is 2.84. The van der Waals surface area contributed by atoms with Crippen LogP contribution in [-0.4, -0.2) is 17.1 Å². The summed E-state index contributed by atoms with van der Waals surface area (Å²) in [4.78, 5) is 11.5. The number of hydrogen-bond acceptors (Lipinski definition) is 3. The molecule has 0 amide bonds. The lowest BCUT2D eigenvalue weighted by molar-refractivity contribution is -0.158. The van der Waals surface area contributed by atoms with Gasteiger partial charge < -0.3 is 10.5 Å². The van der Waals surface area contributed by atoms with Crippen molar-refractivity contribution < 1.29 is 9.53 Å². The van der Waals surface area contributed by atoms with Crippen LogP contribution in [0.3, 0.4) is 0 Å². The van der Waals surface area contributed by atoms with Gasteiger partial charge in [-0.15, -0.1) is 6.58 Å². The van der Waals surface area contributed by atoms with Gasteiger partial charge in [0.15, 0.2) is 0 Å². The van der Waals surface area contributed by atoms with Gasteiger partial charge in [0.05, 0.1) is 0 Å². The minimum atomic E-state index is -0.797. The van der Waals surface area contributed by atoms with Crippen molar-refractivity contribution in [3.63, 3.8) is 0 Å². The van der Waals surface area contributed by atoms with Crippen molar-refractivity contribution in [2.45, 2.75) is 38.3 Å². The molecule has 74 valence electrons. The summed E-state index contributed by atoms with van der Waals surface area (Å²) in [5, 5.41) is 0. The number of rotatable bonds is 2. The molecule has 0 aromatic heterocycles. The van der Waals surface area contributed by atoms with Crippen LogP contribution in [0.4, 0.5) is 0 Å². The Balaban J connectivity index is 2.56. The molecule has 13 heavy (non-hydrogen) atoms. The summed E-state index contributed by atoms with van der Waals surface area (Å²) in [6, 6.07) is 0. The Morgan fingerprint density at radius 2 is 2.23 bits per heavy atom. The standard InChI is InChI=1S/C10H17NO2/c1-5-7-6-10(7,11)8(12)13-9(2,3)4/h5,7H,1,6,11H2,2-4H3/t7-,10+/m1/s1. The van der Waals surface area contributed by atoms with E-state index in [1.165, 1.54) is 0 Å². The molecule has 0 bridgehead atoms. The Hall–Kier alpha value is -0.830. The summed E-state index contributed by atoms with van der Waals surface area (Å²) in [5.41, 5.74) is 4.55. The molecule has 2 N–H and O–H groups in total. The highest BCUT2D eigenvalue weighted by molar-refractivity contribution is 5.85. The highest BCUT2D eigenvalue weighted by Crippen LogP contribution is 2.43. The van der Waals surface area contributed by atoms with Crippen molar-refractivity contribution >= 4 is 5.97 Å². The first-order valence-electron chi connectivity index (χ1n) is 4.44.